The van der Waals surface area contributed by atoms with E-state index in [1.54, 1.807) is 6.92 Å². The highest BCUT2D eigenvalue weighted by atomic mass is 16.3. The molecular formula is C19H30N2O2. The number of hydrogen-bond donors (Lipinski definition) is 2. The molecule has 128 valence electrons. The molecule has 0 saturated carbocycles. The van der Waals surface area contributed by atoms with Gasteiger partial charge in [-0.3, -0.25) is 0 Å². The summed E-state index contributed by atoms with van der Waals surface area (Å²) in [7, 11) is 0. The van der Waals surface area contributed by atoms with Crippen LogP contribution in [0.15, 0.2) is 30.3 Å². The van der Waals surface area contributed by atoms with E-state index >= 15 is 0 Å². The molecule has 1 fully saturated rings. The number of carbonyl (C=O) groups is 1. The number of amides is 2. The van der Waals surface area contributed by atoms with Gasteiger partial charge in [-0.2, -0.15) is 0 Å². The molecule has 0 bridgehead atoms. The Balaban J connectivity index is 1.88. The molecule has 0 radical (unpaired) electrons. The van der Waals surface area contributed by atoms with E-state index in [9.17, 15) is 9.90 Å². The van der Waals surface area contributed by atoms with E-state index < -0.39 is 0 Å². The molecule has 1 aliphatic rings. The van der Waals surface area contributed by atoms with Crippen LogP contribution in [-0.2, 0) is 6.42 Å². The number of urea groups is 1. The highest BCUT2D eigenvalue weighted by Crippen LogP contribution is 2.23. The van der Waals surface area contributed by atoms with Crippen molar-refractivity contribution in [3.63, 3.8) is 0 Å². The van der Waals surface area contributed by atoms with Crippen LogP contribution in [-0.4, -0.2) is 41.3 Å². The van der Waals surface area contributed by atoms with Crippen molar-refractivity contribution in [3.05, 3.63) is 35.9 Å². The van der Waals surface area contributed by atoms with E-state index in [1.807, 2.05) is 23.1 Å². The van der Waals surface area contributed by atoms with E-state index in [2.05, 4.69) is 31.3 Å². The fourth-order valence-electron chi connectivity index (χ4n) is 3.49. The summed E-state index contributed by atoms with van der Waals surface area (Å²) in [5.74, 6) is 0. The van der Waals surface area contributed by atoms with Gasteiger partial charge in [-0.25, -0.2) is 4.79 Å². The molecule has 2 N–H and O–H groups in total. The third-order valence-electron chi connectivity index (χ3n) is 4.52. The van der Waals surface area contributed by atoms with Gasteiger partial charge in [0, 0.05) is 19.1 Å². The number of likely N-dealkylation sites (tertiary alicyclic amines) is 1. The number of hydrogen-bond acceptors (Lipinski definition) is 2. The lowest BCUT2D eigenvalue weighted by Crippen LogP contribution is -2.46. The monoisotopic (exact) mass is 318 g/mol. The second-order valence-electron chi connectivity index (χ2n) is 7.56. The number of aliphatic hydroxyl groups is 1. The molecule has 0 aliphatic carbocycles. The highest BCUT2D eigenvalue weighted by molar-refractivity contribution is 5.75. The van der Waals surface area contributed by atoms with Crippen molar-refractivity contribution in [1.82, 2.24) is 10.2 Å². The predicted molar refractivity (Wildman–Crippen MR) is 93.4 cm³/mol. The first-order valence-electron chi connectivity index (χ1n) is 8.64. The van der Waals surface area contributed by atoms with Crippen molar-refractivity contribution in [1.29, 1.82) is 0 Å². The first-order valence-corrected chi connectivity index (χ1v) is 8.64. The zero-order chi connectivity index (χ0) is 16.9. The third-order valence-corrected chi connectivity index (χ3v) is 4.52. The molecule has 1 saturated heterocycles. The number of benzene rings is 1. The molecule has 2 amide bonds. The van der Waals surface area contributed by atoms with Gasteiger partial charge in [0.15, 0.2) is 0 Å². The molecular weight excluding hydrogens is 288 g/mol. The Morgan fingerprint density at radius 2 is 2.09 bits per heavy atom. The van der Waals surface area contributed by atoms with Crippen molar-refractivity contribution in [2.24, 2.45) is 5.41 Å². The van der Waals surface area contributed by atoms with Crippen LogP contribution in [0.4, 0.5) is 4.79 Å². The molecule has 4 heteroatoms. The van der Waals surface area contributed by atoms with Crippen LogP contribution in [0.2, 0.25) is 0 Å². The van der Waals surface area contributed by atoms with Gasteiger partial charge in [0.05, 0.1) is 6.10 Å². The number of aliphatic hydroxyl groups excluding tert-OH is 1. The summed E-state index contributed by atoms with van der Waals surface area (Å²) in [6.45, 7) is 7.36. The highest BCUT2D eigenvalue weighted by Gasteiger charge is 2.30. The van der Waals surface area contributed by atoms with Crippen LogP contribution in [0, 0.1) is 5.41 Å². The molecule has 1 aliphatic heterocycles. The SMILES string of the molecule is CC(O)CC(C)(C)CNC(=O)N1CCCC1Cc1ccccc1. The van der Waals surface area contributed by atoms with E-state index in [1.165, 1.54) is 5.56 Å². The van der Waals surface area contributed by atoms with Crippen molar-refractivity contribution >= 4 is 6.03 Å². The molecule has 1 heterocycles. The van der Waals surface area contributed by atoms with Crippen LogP contribution in [0.25, 0.3) is 0 Å². The minimum Gasteiger partial charge on any atom is -0.393 e. The van der Waals surface area contributed by atoms with Crippen LogP contribution in [0.1, 0.15) is 45.6 Å². The minimum absolute atomic E-state index is 0.0297. The van der Waals surface area contributed by atoms with Gasteiger partial charge in [0.25, 0.3) is 0 Å². The lowest BCUT2D eigenvalue weighted by atomic mass is 9.87. The zero-order valence-corrected chi connectivity index (χ0v) is 14.6. The summed E-state index contributed by atoms with van der Waals surface area (Å²) < 4.78 is 0. The molecule has 4 nitrogen and oxygen atoms in total. The Hall–Kier alpha value is -1.55. The zero-order valence-electron chi connectivity index (χ0n) is 14.6. The summed E-state index contributed by atoms with van der Waals surface area (Å²) in [6, 6.07) is 10.7. The normalized spacial score (nSPS) is 19.7. The van der Waals surface area contributed by atoms with Gasteiger partial charge >= 0.3 is 6.03 Å². The second kappa shape index (κ2) is 7.82. The van der Waals surface area contributed by atoms with E-state index in [0.29, 0.717) is 13.0 Å². The smallest absolute Gasteiger partial charge is 0.317 e. The average molecular weight is 318 g/mol. The molecule has 0 aromatic heterocycles. The molecule has 1 aromatic carbocycles. The van der Waals surface area contributed by atoms with Crippen LogP contribution in [0.5, 0.6) is 0 Å². The summed E-state index contributed by atoms with van der Waals surface area (Å²) >= 11 is 0. The Kier molecular flexibility index (Phi) is 6.05. The fraction of sp³-hybridized carbons (Fsp3) is 0.632. The first-order chi connectivity index (χ1) is 10.9. The predicted octanol–water partition coefficient (Wildman–Crippen LogP) is 3.20. The Morgan fingerprint density at radius 1 is 1.39 bits per heavy atom. The van der Waals surface area contributed by atoms with Crippen LogP contribution >= 0.6 is 0 Å². The molecule has 2 unspecified atom stereocenters. The number of carbonyl (C=O) groups excluding carboxylic acids is 1. The Morgan fingerprint density at radius 3 is 2.74 bits per heavy atom. The second-order valence-corrected chi connectivity index (χ2v) is 7.56. The van der Waals surface area contributed by atoms with E-state index in [4.69, 9.17) is 0 Å². The molecule has 23 heavy (non-hydrogen) atoms. The van der Waals surface area contributed by atoms with Crippen LogP contribution < -0.4 is 5.32 Å². The molecule has 2 rings (SSSR count). The lowest BCUT2D eigenvalue weighted by Gasteiger charge is -2.30. The fourth-order valence-corrected chi connectivity index (χ4v) is 3.49. The number of nitrogens with one attached hydrogen (secondary N) is 1. The van der Waals surface area contributed by atoms with E-state index in [0.717, 1.165) is 25.8 Å². The molecule has 1 aromatic rings. The number of nitrogens with zero attached hydrogens (tertiary/aromatic N) is 1. The quantitative estimate of drug-likeness (QED) is 0.846. The lowest BCUT2D eigenvalue weighted by molar-refractivity contribution is 0.126. The van der Waals surface area contributed by atoms with E-state index in [-0.39, 0.29) is 23.6 Å². The first kappa shape index (κ1) is 17.8. The van der Waals surface area contributed by atoms with Crippen molar-refractivity contribution in [2.45, 2.75) is 58.6 Å². The van der Waals surface area contributed by atoms with Gasteiger partial charge < -0.3 is 15.3 Å². The van der Waals surface area contributed by atoms with Gasteiger partial charge in [-0.1, -0.05) is 44.2 Å². The van der Waals surface area contributed by atoms with Crippen molar-refractivity contribution < 1.29 is 9.90 Å². The standard InChI is InChI=1S/C19H30N2O2/c1-15(22)13-19(2,3)14-20-18(23)21-11-7-10-17(21)12-16-8-5-4-6-9-16/h4-6,8-9,15,17,22H,7,10-14H2,1-3H3,(H,20,23). The summed E-state index contributed by atoms with van der Waals surface area (Å²) in [4.78, 5) is 14.5. The molecule has 0 spiro atoms. The summed E-state index contributed by atoms with van der Waals surface area (Å²) in [5.41, 5.74) is 1.19. The third kappa shape index (κ3) is 5.54. The maximum absolute atomic E-state index is 12.5. The van der Waals surface area contributed by atoms with Gasteiger partial charge in [-0.15, -0.1) is 0 Å². The largest absolute Gasteiger partial charge is 0.393 e. The van der Waals surface area contributed by atoms with Crippen LogP contribution in [0.3, 0.4) is 0 Å². The van der Waals surface area contributed by atoms with Gasteiger partial charge in [-0.05, 0) is 43.6 Å². The minimum atomic E-state index is -0.348. The Labute approximate surface area is 139 Å². The average Bonchev–Trinajstić information content (AvgIpc) is 2.93. The van der Waals surface area contributed by atoms with Gasteiger partial charge in [0.1, 0.15) is 0 Å². The van der Waals surface area contributed by atoms with Gasteiger partial charge in [0.2, 0.25) is 0 Å². The maximum Gasteiger partial charge on any atom is 0.317 e. The maximum atomic E-state index is 12.5. The summed E-state index contributed by atoms with van der Waals surface area (Å²) in [5, 5.41) is 12.6. The molecule has 2 atom stereocenters. The summed E-state index contributed by atoms with van der Waals surface area (Å²) in [6.07, 6.45) is 3.40. The van der Waals surface area contributed by atoms with Crippen molar-refractivity contribution in [2.75, 3.05) is 13.1 Å². The number of rotatable bonds is 6. The Bertz CT molecular complexity index is 499. The topological polar surface area (TPSA) is 52.6 Å². The van der Waals surface area contributed by atoms with Crippen molar-refractivity contribution in [3.8, 4) is 0 Å².